The first-order chi connectivity index (χ1) is 12.2. The van der Waals surface area contributed by atoms with E-state index in [0.717, 1.165) is 5.56 Å². The van der Waals surface area contributed by atoms with E-state index in [-0.39, 0.29) is 24.0 Å². The first kappa shape index (κ1) is 18.0. The molecule has 0 bridgehead atoms. The number of likely N-dealkylation sites (N-methyl/N-ethyl adjacent to an activating group) is 1. The Morgan fingerprint density at radius 1 is 1.24 bits per heavy atom. The lowest BCUT2D eigenvalue weighted by atomic mass is 10.0. The molecular formula is C18H19N3O4. The molecule has 0 aliphatic heterocycles. The highest BCUT2D eigenvalue weighted by Gasteiger charge is 2.17. The number of phenols is 1. The summed E-state index contributed by atoms with van der Waals surface area (Å²) in [6, 6.07) is 13.8. The van der Waals surface area contributed by atoms with Crippen molar-refractivity contribution < 1.29 is 19.6 Å². The summed E-state index contributed by atoms with van der Waals surface area (Å²) in [5.74, 6) is -0.210. The van der Waals surface area contributed by atoms with E-state index in [1.165, 1.54) is 20.4 Å². The molecule has 0 aromatic heterocycles. The van der Waals surface area contributed by atoms with Gasteiger partial charge in [-0.3, -0.25) is 4.79 Å². The molecule has 0 atom stereocenters. The first-order valence-corrected chi connectivity index (χ1v) is 7.51. The van der Waals surface area contributed by atoms with Crippen LogP contribution in [0.5, 0.6) is 5.75 Å². The summed E-state index contributed by atoms with van der Waals surface area (Å²) in [6.07, 6.45) is 1.49. The van der Waals surface area contributed by atoms with Gasteiger partial charge in [0.05, 0.1) is 6.21 Å². The van der Waals surface area contributed by atoms with Gasteiger partial charge in [-0.1, -0.05) is 46.7 Å². The number of aromatic hydroxyl groups is 1. The topological polar surface area (TPSA) is 92.5 Å². The second-order valence-corrected chi connectivity index (χ2v) is 4.96. The van der Waals surface area contributed by atoms with Crippen LogP contribution in [0.2, 0.25) is 0 Å². The normalized spacial score (nSPS) is 11.4. The van der Waals surface area contributed by atoms with Crippen LogP contribution in [0.25, 0.3) is 0 Å². The molecule has 0 unspecified atom stereocenters. The standard InChI is InChI=1S/C18H19N3O4/c1-19-18(23)17(21-24-2)16-9-4-3-7-14(16)12-25-20-11-13-6-5-8-15(22)10-13/h3-11,22H,12H2,1-2H3,(H,19,23). The van der Waals surface area contributed by atoms with Gasteiger partial charge in [0.2, 0.25) is 0 Å². The van der Waals surface area contributed by atoms with E-state index in [1.807, 2.05) is 12.1 Å². The third kappa shape index (κ3) is 5.07. The minimum atomic E-state index is -0.363. The average molecular weight is 341 g/mol. The Morgan fingerprint density at radius 2 is 2.04 bits per heavy atom. The van der Waals surface area contributed by atoms with Crippen LogP contribution in [0.4, 0.5) is 0 Å². The fourth-order valence-corrected chi connectivity index (χ4v) is 2.11. The second-order valence-electron chi connectivity index (χ2n) is 4.96. The number of rotatable bonds is 7. The highest BCUT2D eigenvalue weighted by Crippen LogP contribution is 2.13. The first-order valence-electron chi connectivity index (χ1n) is 7.51. The van der Waals surface area contributed by atoms with Crippen LogP contribution in [0, 0.1) is 0 Å². The number of hydrogen-bond acceptors (Lipinski definition) is 6. The summed E-state index contributed by atoms with van der Waals surface area (Å²) < 4.78 is 0. The number of phenolic OH excluding ortho intramolecular Hbond substituents is 1. The summed E-state index contributed by atoms with van der Waals surface area (Å²) in [7, 11) is 2.90. The Balaban J connectivity index is 2.12. The third-order valence-corrected chi connectivity index (χ3v) is 3.26. The number of nitrogens with one attached hydrogen (secondary N) is 1. The van der Waals surface area contributed by atoms with E-state index in [2.05, 4.69) is 15.6 Å². The van der Waals surface area contributed by atoms with Gasteiger partial charge in [0.1, 0.15) is 19.5 Å². The number of oxime groups is 2. The molecule has 2 N–H and O–H groups in total. The lowest BCUT2D eigenvalue weighted by Crippen LogP contribution is -2.29. The quantitative estimate of drug-likeness (QED) is 0.595. The summed E-state index contributed by atoms with van der Waals surface area (Å²) >= 11 is 0. The van der Waals surface area contributed by atoms with Gasteiger partial charge in [0.25, 0.3) is 5.91 Å². The molecule has 7 nitrogen and oxygen atoms in total. The van der Waals surface area contributed by atoms with E-state index in [4.69, 9.17) is 9.68 Å². The van der Waals surface area contributed by atoms with Gasteiger partial charge in [-0.25, -0.2) is 0 Å². The molecule has 2 aromatic carbocycles. The molecule has 7 heteroatoms. The maximum Gasteiger partial charge on any atom is 0.273 e. The average Bonchev–Trinajstić information content (AvgIpc) is 2.63. The Morgan fingerprint density at radius 3 is 2.76 bits per heavy atom. The summed E-state index contributed by atoms with van der Waals surface area (Å²) in [5, 5.41) is 19.6. The molecule has 0 aliphatic carbocycles. The van der Waals surface area contributed by atoms with Gasteiger partial charge in [-0.2, -0.15) is 0 Å². The predicted octanol–water partition coefficient (Wildman–Crippen LogP) is 2.04. The SMILES string of the molecule is CNC(=O)C(=NOC)c1ccccc1CON=Cc1cccc(O)c1. The highest BCUT2D eigenvalue weighted by atomic mass is 16.6. The van der Waals surface area contributed by atoms with E-state index < -0.39 is 0 Å². The fourth-order valence-electron chi connectivity index (χ4n) is 2.11. The predicted molar refractivity (Wildman–Crippen MR) is 94.5 cm³/mol. The zero-order valence-corrected chi connectivity index (χ0v) is 14.0. The molecule has 0 radical (unpaired) electrons. The lowest BCUT2D eigenvalue weighted by molar-refractivity contribution is -0.114. The molecule has 2 rings (SSSR count). The van der Waals surface area contributed by atoms with Gasteiger partial charge < -0.3 is 20.1 Å². The van der Waals surface area contributed by atoms with E-state index in [1.54, 1.807) is 36.4 Å². The molecular weight excluding hydrogens is 322 g/mol. The van der Waals surface area contributed by atoms with Gasteiger partial charge in [0.15, 0.2) is 5.71 Å². The van der Waals surface area contributed by atoms with Gasteiger partial charge in [-0.05, 0) is 17.7 Å². The van der Waals surface area contributed by atoms with E-state index in [9.17, 15) is 9.90 Å². The fraction of sp³-hybridized carbons (Fsp3) is 0.167. The number of hydrogen-bond donors (Lipinski definition) is 2. The molecule has 0 spiro atoms. The van der Waals surface area contributed by atoms with Crippen molar-refractivity contribution in [3.8, 4) is 5.75 Å². The van der Waals surface area contributed by atoms with Crippen LogP contribution in [-0.2, 0) is 21.1 Å². The monoisotopic (exact) mass is 341 g/mol. The van der Waals surface area contributed by atoms with E-state index >= 15 is 0 Å². The van der Waals surface area contributed by atoms with Crippen LogP contribution in [0.1, 0.15) is 16.7 Å². The van der Waals surface area contributed by atoms with Gasteiger partial charge in [-0.15, -0.1) is 0 Å². The summed E-state index contributed by atoms with van der Waals surface area (Å²) in [6.45, 7) is 0.144. The van der Waals surface area contributed by atoms with Crippen molar-refractivity contribution in [2.45, 2.75) is 6.61 Å². The smallest absolute Gasteiger partial charge is 0.273 e. The van der Waals surface area contributed by atoms with Gasteiger partial charge >= 0.3 is 0 Å². The maximum atomic E-state index is 12.0. The van der Waals surface area contributed by atoms with Crippen molar-refractivity contribution in [1.29, 1.82) is 0 Å². The number of benzene rings is 2. The number of amides is 1. The zero-order valence-electron chi connectivity index (χ0n) is 14.0. The summed E-state index contributed by atoms with van der Waals surface area (Å²) in [5.41, 5.74) is 2.19. The van der Waals surface area contributed by atoms with Crippen molar-refractivity contribution >= 4 is 17.8 Å². The van der Waals surface area contributed by atoms with Crippen molar-refractivity contribution in [3.05, 3.63) is 65.2 Å². The Kier molecular flexibility index (Phi) is 6.53. The van der Waals surface area contributed by atoms with Crippen molar-refractivity contribution in [3.63, 3.8) is 0 Å². The van der Waals surface area contributed by atoms with Crippen LogP contribution >= 0.6 is 0 Å². The number of nitrogens with zero attached hydrogens (tertiary/aromatic N) is 2. The maximum absolute atomic E-state index is 12.0. The molecule has 0 saturated heterocycles. The molecule has 0 saturated carbocycles. The molecule has 0 heterocycles. The van der Waals surface area contributed by atoms with Crippen LogP contribution in [0.3, 0.4) is 0 Å². The van der Waals surface area contributed by atoms with Crippen molar-refractivity contribution in [1.82, 2.24) is 5.32 Å². The largest absolute Gasteiger partial charge is 0.508 e. The van der Waals surface area contributed by atoms with Gasteiger partial charge in [0, 0.05) is 18.2 Å². The minimum absolute atomic E-state index is 0.144. The third-order valence-electron chi connectivity index (χ3n) is 3.26. The molecule has 25 heavy (non-hydrogen) atoms. The van der Waals surface area contributed by atoms with Crippen molar-refractivity contribution in [2.24, 2.45) is 10.3 Å². The van der Waals surface area contributed by atoms with E-state index in [0.29, 0.717) is 11.1 Å². The Hall–Kier alpha value is -3.35. The molecule has 1 amide bonds. The molecule has 130 valence electrons. The van der Waals surface area contributed by atoms with Crippen LogP contribution < -0.4 is 5.32 Å². The Labute approximate surface area is 145 Å². The molecule has 0 fully saturated rings. The van der Waals surface area contributed by atoms with Crippen molar-refractivity contribution in [2.75, 3.05) is 14.2 Å². The Bertz CT molecular complexity index is 787. The zero-order chi connectivity index (χ0) is 18.1. The van der Waals surface area contributed by atoms with Crippen LogP contribution in [0.15, 0.2) is 58.8 Å². The van der Waals surface area contributed by atoms with Crippen LogP contribution in [-0.4, -0.2) is 37.1 Å². The lowest BCUT2D eigenvalue weighted by Gasteiger charge is -2.09. The number of carbonyl (C=O) groups excluding carboxylic acids is 1. The number of carbonyl (C=O) groups is 1. The highest BCUT2D eigenvalue weighted by molar-refractivity contribution is 6.45. The summed E-state index contributed by atoms with van der Waals surface area (Å²) in [4.78, 5) is 22.1. The molecule has 0 aliphatic rings. The minimum Gasteiger partial charge on any atom is -0.508 e. The second kappa shape index (κ2) is 9.07. The molecule has 2 aromatic rings.